The molecule has 1 atom stereocenters. The first kappa shape index (κ1) is 11.9. The smallest absolute Gasteiger partial charge is 0.336 e. The number of carbonyl (C=O) groups excluding carboxylic acids is 1. The molecular formula is C11H11BrO3. The lowest BCUT2D eigenvalue weighted by atomic mass is 10.0. The van der Waals surface area contributed by atoms with Crippen LogP contribution < -0.4 is 0 Å². The van der Waals surface area contributed by atoms with E-state index >= 15 is 0 Å². The van der Waals surface area contributed by atoms with Gasteiger partial charge in [-0.1, -0.05) is 33.6 Å². The number of Topliss-reactive ketones (excluding diaryl/α,β-unsaturated/α-hetero) is 1. The van der Waals surface area contributed by atoms with E-state index < -0.39 is 10.8 Å². The second-order valence-electron chi connectivity index (χ2n) is 3.37. The Labute approximate surface area is 96.2 Å². The number of aryl methyl sites for hydroxylation is 1. The quantitative estimate of drug-likeness (QED) is 0.860. The lowest BCUT2D eigenvalue weighted by Gasteiger charge is -2.10. The normalized spacial score (nSPS) is 12.2. The van der Waals surface area contributed by atoms with Crippen molar-refractivity contribution in [1.82, 2.24) is 0 Å². The van der Waals surface area contributed by atoms with Gasteiger partial charge in [0.1, 0.15) is 5.78 Å². The van der Waals surface area contributed by atoms with Crippen molar-refractivity contribution < 1.29 is 14.7 Å². The molecule has 1 unspecified atom stereocenters. The maximum atomic E-state index is 11.2. The average molecular weight is 271 g/mol. The number of hydrogen-bond acceptors (Lipinski definition) is 2. The van der Waals surface area contributed by atoms with E-state index in [0.29, 0.717) is 5.56 Å². The Morgan fingerprint density at radius 2 is 2.00 bits per heavy atom. The van der Waals surface area contributed by atoms with E-state index in [9.17, 15) is 9.59 Å². The first-order valence-corrected chi connectivity index (χ1v) is 5.33. The van der Waals surface area contributed by atoms with Crippen LogP contribution >= 0.6 is 15.9 Å². The van der Waals surface area contributed by atoms with Crippen LogP contribution in [0.1, 0.15) is 33.2 Å². The molecule has 0 aliphatic carbocycles. The Morgan fingerprint density at radius 1 is 1.40 bits per heavy atom. The number of rotatable bonds is 3. The molecule has 0 aliphatic heterocycles. The van der Waals surface area contributed by atoms with Crippen LogP contribution in [0.3, 0.4) is 0 Å². The minimum Gasteiger partial charge on any atom is -0.478 e. The molecule has 0 bridgehead atoms. The molecule has 80 valence electrons. The second-order valence-corrected chi connectivity index (χ2v) is 4.28. The van der Waals surface area contributed by atoms with Gasteiger partial charge in [-0.3, -0.25) is 4.79 Å². The van der Waals surface area contributed by atoms with Gasteiger partial charge in [0.2, 0.25) is 0 Å². The van der Waals surface area contributed by atoms with Gasteiger partial charge in [0.25, 0.3) is 0 Å². The lowest BCUT2D eigenvalue weighted by Crippen LogP contribution is -2.09. The van der Waals surface area contributed by atoms with Crippen LogP contribution in [0.2, 0.25) is 0 Å². The van der Waals surface area contributed by atoms with Gasteiger partial charge in [-0.15, -0.1) is 0 Å². The van der Waals surface area contributed by atoms with E-state index in [4.69, 9.17) is 5.11 Å². The third kappa shape index (κ3) is 2.65. The van der Waals surface area contributed by atoms with Crippen molar-refractivity contribution in [3.63, 3.8) is 0 Å². The van der Waals surface area contributed by atoms with Gasteiger partial charge < -0.3 is 5.11 Å². The van der Waals surface area contributed by atoms with E-state index in [2.05, 4.69) is 15.9 Å². The fourth-order valence-electron chi connectivity index (χ4n) is 1.30. The van der Waals surface area contributed by atoms with Crippen molar-refractivity contribution in [1.29, 1.82) is 0 Å². The number of alkyl halides is 1. The fourth-order valence-corrected chi connectivity index (χ4v) is 1.69. The molecule has 1 rings (SSSR count). The number of benzene rings is 1. The summed E-state index contributed by atoms with van der Waals surface area (Å²) in [4.78, 5) is 21.6. The lowest BCUT2D eigenvalue weighted by molar-refractivity contribution is -0.116. The molecule has 0 amide bonds. The largest absolute Gasteiger partial charge is 0.478 e. The fraction of sp³-hybridized carbons (Fsp3) is 0.273. The van der Waals surface area contributed by atoms with E-state index in [1.807, 2.05) is 6.92 Å². The van der Waals surface area contributed by atoms with Crippen molar-refractivity contribution in [3.8, 4) is 0 Å². The Kier molecular flexibility index (Phi) is 3.63. The average Bonchev–Trinajstić information content (AvgIpc) is 2.16. The van der Waals surface area contributed by atoms with E-state index in [1.165, 1.54) is 6.92 Å². The number of carboxylic acid groups (broad SMARTS) is 1. The molecule has 0 saturated heterocycles. The SMILES string of the molecule is CC(=O)C(Br)c1ccc(C)cc1C(=O)O. The van der Waals surface area contributed by atoms with Crippen LogP contribution in [-0.2, 0) is 4.79 Å². The standard InChI is InChI=1S/C11H11BrO3/c1-6-3-4-8(10(12)7(2)13)9(5-6)11(14)15/h3-5,10H,1-2H3,(H,14,15). The summed E-state index contributed by atoms with van der Waals surface area (Å²) in [7, 11) is 0. The summed E-state index contributed by atoms with van der Waals surface area (Å²) in [6.07, 6.45) is 0. The van der Waals surface area contributed by atoms with Gasteiger partial charge in [0.15, 0.2) is 0 Å². The maximum Gasteiger partial charge on any atom is 0.336 e. The summed E-state index contributed by atoms with van der Waals surface area (Å²) in [5.41, 5.74) is 1.53. The van der Waals surface area contributed by atoms with Crippen LogP contribution in [0.4, 0.5) is 0 Å². The summed E-state index contributed by atoms with van der Waals surface area (Å²) in [6.45, 7) is 3.23. The monoisotopic (exact) mass is 270 g/mol. The molecule has 1 N–H and O–H groups in total. The second kappa shape index (κ2) is 4.57. The molecule has 0 saturated carbocycles. The number of carbonyl (C=O) groups is 2. The Balaban J connectivity index is 3.28. The zero-order valence-corrected chi connectivity index (χ0v) is 10.0. The first-order chi connectivity index (χ1) is 6.93. The van der Waals surface area contributed by atoms with Crippen molar-refractivity contribution in [3.05, 3.63) is 34.9 Å². The first-order valence-electron chi connectivity index (χ1n) is 4.42. The molecule has 0 aromatic heterocycles. The predicted molar refractivity (Wildman–Crippen MR) is 60.5 cm³/mol. The molecule has 0 fully saturated rings. The molecule has 1 aromatic rings. The predicted octanol–water partition coefficient (Wildman–Crippen LogP) is 2.72. The summed E-state index contributed by atoms with van der Waals surface area (Å²) < 4.78 is 0. The Bertz CT molecular complexity index is 412. The van der Waals surface area contributed by atoms with Crippen LogP contribution in [0.25, 0.3) is 0 Å². The van der Waals surface area contributed by atoms with Gasteiger partial charge >= 0.3 is 5.97 Å². The van der Waals surface area contributed by atoms with Gasteiger partial charge in [0, 0.05) is 0 Å². The van der Waals surface area contributed by atoms with Gasteiger partial charge in [-0.2, -0.15) is 0 Å². The van der Waals surface area contributed by atoms with Gasteiger partial charge in [0.05, 0.1) is 10.4 Å². The highest BCUT2D eigenvalue weighted by atomic mass is 79.9. The van der Waals surface area contributed by atoms with Gasteiger partial charge in [-0.05, 0) is 25.5 Å². The summed E-state index contributed by atoms with van der Waals surface area (Å²) in [5.74, 6) is -1.12. The highest BCUT2D eigenvalue weighted by molar-refractivity contribution is 9.09. The van der Waals surface area contributed by atoms with Crippen LogP contribution in [0.15, 0.2) is 18.2 Å². The minimum absolute atomic E-state index is 0.110. The summed E-state index contributed by atoms with van der Waals surface area (Å²) >= 11 is 3.18. The minimum atomic E-state index is -1.01. The molecule has 1 aromatic carbocycles. The number of halogens is 1. The van der Waals surface area contributed by atoms with E-state index in [0.717, 1.165) is 5.56 Å². The Morgan fingerprint density at radius 3 is 2.47 bits per heavy atom. The number of aromatic carboxylic acids is 1. The highest BCUT2D eigenvalue weighted by Gasteiger charge is 2.19. The molecule has 0 heterocycles. The third-order valence-electron chi connectivity index (χ3n) is 2.07. The van der Waals surface area contributed by atoms with Crippen molar-refractivity contribution in [2.75, 3.05) is 0 Å². The molecule has 0 spiro atoms. The van der Waals surface area contributed by atoms with Crippen molar-refractivity contribution in [2.24, 2.45) is 0 Å². The van der Waals surface area contributed by atoms with Crippen LogP contribution in [-0.4, -0.2) is 16.9 Å². The molecule has 4 heteroatoms. The zero-order chi connectivity index (χ0) is 11.6. The zero-order valence-electron chi connectivity index (χ0n) is 8.45. The molecule has 0 radical (unpaired) electrons. The topological polar surface area (TPSA) is 54.4 Å². The number of hydrogen-bond donors (Lipinski definition) is 1. The Hall–Kier alpha value is -1.16. The highest BCUT2D eigenvalue weighted by Crippen LogP contribution is 2.27. The maximum absolute atomic E-state index is 11.2. The van der Waals surface area contributed by atoms with Crippen LogP contribution in [0, 0.1) is 6.92 Å². The number of carboxylic acids is 1. The van der Waals surface area contributed by atoms with Crippen LogP contribution in [0.5, 0.6) is 0 Å². The molecule has 0 aliphatic rings. The molecular weight excluding hydrogens is 260 g/mol. The molecule has 15 heavy (non-hydrogen) atoms. The number of ketones is 1. The van der Waals surface area contributed by atoms with E-state index in [1.54, 1.807) is 18.2 Å². The van der Waals surface area contributed by atoms with Crippen molar-refractivity contribution in [2.45, 2.75) is 18.7 Å². The summed E-state index contributed by atoms with van der Waals surface area (Å²) in [6, 6.07) is 5.02. The summed E-state index contributed by atoms with van der Waals surface area (Å²) in [5, 5.41) is 8.99. The van der Waals surface area contributed by atoms with Crippen molar-refractivity contribution >= 4 is 27.7 Å². The third-order valence-corrected chi connectivity index (χ3v) is 3.21. The van der Waals surface area contributed by atoms with Gasteiger partial charge in [-0.25, -0.2) is 4.79 Å². The molecule has 3 nitrogen and oxygen atoms in total. The van der Waals surface area contributed by atoms with E-state index in [-0.39, 0.29) is 11.3 Å².